The Morgan fingerprint density at radius 1 is 1.19 bits per heavy atom. The van der Waals surface area contributed by atoms with Crippen molar-refractivity contribution in [2.24, 2.45) is 5.92 Å². The van der Waals surface area contributed by atoms with Crippen LogP contribution in [-0.4, -0.2) is 18.9 Å². The third-order valence-corrected chi connectivity index (χ3v) is 5.38. The molecule has 2 unspecified atom stereocenters. The second kappa shape index (κ2) is 6.75. The first kappa shape index (κ1) is 18.4. The monoisotopic (exact) mass is 353 g/mol. The van der Waals surface area contributed by atoms with Crippen molar-refractivity contribution in [1.29, 1.82) is 0 Å². The number of hydrogen-bond acceptors (Lipinski definition) is 4. The Hall–Kier alpha value is -2.36. The molecule has 0 saturated heterocycles. The molecule has 2 aliphatic rings. The number of carbonyl (C=O) groups excluding carboxylic acids is 2. The van der Waals surface area contributed by atoms with Gasteiger partial charge in [0, 0.05) is 29.3 Å². The number of nitrogens with one attached hydrogen (secondary N) is 1. The smallest absolute Gasteiger partial charge is 0.315 e. The van der Waals surface area contributed by atoms with E-state index in [9.17, 15) is 9.59 Å². The fourth-order valence-corrected chi connectivity index (χ4v) is 3.95. The zero-order valence-corrected chi connectivity index (χ0v) is 16.0. The fraction of sp³-hybridized carbons (Fsp3) is 0.455. The highest BCUT2D eigenvalue weighted by atomic mass is 16.5. The highest BCUT2D eigenvalue weighted by molar-refractivity contribution is 6.00. The first-order valence-corrected chi connectivity index (χ1v) is 9.14. The number of rotatable bonds is 2. The molecule has 138 valence electrons. The van der Waals surface area contributed by atoms with Crippen LogP contribution in [0.4, 0.5) is 0 Å². The standard InChI is InChI=1S/C22H27NO3/c1-13-18(21(25)26-5)19(20-16(23-13)7-6-8-17(20)24)14-9-11-15(12-10-14)22(2,3)4/h9-12,18-19,23H,1,6-8H2,2-5H3. The number of allylic oxidation sites excluding steroid dienone is 2. The lowest BCUT2D eigenvalue weighted by Crippen LogP contribution is -2.40. The van der Waals surface area contributed by atoms with E-state index in [1.54, 1.807) is 0 Å². The van der Waals surface area contributed by atoms with Gasteiger partial charge in [0.15, 0.2) is 5.78 Å². The maximum absolute atomic E-state index is 12.7. The maximum atomic E-state index is 12.7. The minimum Gasteiger partial charge on any atom is -0.468 e. The van der Waals surface area contributed by atoms with Gasteiger partial charge in [0.2, 0.25) is 0 Å². The average molecular weight is 353 g/mol. The topological polar surface area (TPSA) is 55.4 Å². The molecule has 0 saturated carbocycles. The van der Waals surface area contributed by atoms with Gasteiger partial charge in [-0.3, -0.25) is 9.59 Å². The third-order valence-electron chi connectivity index (χ3n) is 5.38. The van der Waals surface area contributed by atoms with Gasteiger partial charge in [0.25, 0.3) is 0 Å². The predicted molar refractivity (Wildman–Crippen MR) is 102 cm³/mol. The van der Waals surface area contributed by atoms with Crippen molar-refractivity contribution in [3.05, 3.63) is 58.9 Å². The minimum absolute atomic E-state index is 0.0447. The molecule has 26 heavy (non-hydrogen) atoms. The van der Waals surface area contributed by atoms with Crippen LogP contribution in [0.15, 0.2) is 47.8 Å². The van der Waals surface area contributed by atoms with Crippen molar-refractivity contribution >= 4 is 11.8 Å². The summed E-state index contributed by atoms with van der Waals surface area (Å²) in [6, 6.07) is 8.24. The lowest BCUT2D eigenvalue weighted by molar-refractivity contribution is -0.144. The van der Waals surface area contributed by atoms with Crippen LogP contribution in [0.3, 0.4) is 0 Å². The number of Topliss-reactive ketones (excluding diaryl/α,β-unsaturated/α-hetero) is 1. The number of methoxy groups -OCH3 is 1. The van der Waals surface area contributed by atoms with Gasteiger partial charge < -0.3 is 10.1 Å². The van der Waals surface area contributed by atoms with Gasteiger partial charge >= 0.3 is 5.97 Å². The zero-order chi connectivity index (χ0) is 19.1. The summed E-state index contributed by atoms with van der Waals surface area (Å²) in [7, 11) is 1.38. The lowest BCUT2D eigenvalue weighted by Gasteiger charge is -2.38. The molecule has 2 atom stereocenters. The summed E-state index contributed by atoms with van der Waals surface area (Å²) in [6.45, 7) is 10.5. The van der Waals surface area contributed by atoms with Crippen molar-refractivity contribution in [2.75, 3.05) is 7.11 Å². The van der Waals surface area contributed by atoms with Crippen LogP contribution in [0.5, 0.6) is 0 Å². The highest BCUT2D eigenvalue weighted by Gasteiger charge is 2.43. The number of hydrogen-bond donors (Lipinski definition) is 1. The fourth-order valence-electron chi connectivity index (χ4n) is 3.95. The Kier molecular flexibility index (Phi) is 4.78. The van der Waals surface area contributed by atoms with Crippen molar-refractivity contribution < 1.29 is 14.3 Å². The Bertz CT molecular complexity index is 781. The van der Waals surface area contributed by atoms with Gasteiger partial charge in [-0.25, -0.2) is 0 Å². The van der Waals surface area contributed by atoms with Gasteiger partial charge in [0.1, 0.15) is 5.92 Å². The number of carbonyl (C=O) groups is 2. The molecule has 1 heterocycles. The Morgan fingerprint density at radius 2 is 1.85 bits per heavy atom. The number of esters is 1. The third kappa shape index (κ3) is 3.20. The average Bonchev–Trinajstić information content (AvgIpc) is 2.59. The summed E-state index contributed by atoms with van der Waals surface area (Å²) in [4.78, 5) is 25.2. The van der Waals surface area contributed by atoms with Crippen LogP contribution >= 0.6 is 0 Å². The van der Waals surface area contributed by atoms with Crippen LogP contribution < -0.4 is 5.32 Å². The molecule has 1 aromatic carbocycles. The second-order valence-corrected chi connectivity index (χ2v) is 8.17. The summed E-state index contributed by atoms with van der Waals surface area (Å²) in [5.74, 6) is -1.18. The first-order valence-electron chi connectivity index (χ1n) is 9.14. The molecule has 1 aliphatic heterocycles. The van der Waals surface area contributed by atoms with E-state index in [0.29, 0.717) is 12.1 Å². The highest BCUT2D eigenvalue weighted by Crippen LogP contribution is 2.44. The molecule has 0 bridgehead atoms. The molecule has 4 nitrogen and oxygen atoms in total. The van der Waals surface area contributed by atoms with Crippen LogP contribution in [0.25, 0.3) is 0 Å². The molecular formula is C22H27NO3. The molecule has 1 aromatic rings. The minimum atomic E-state index is -0.596. The van der Waals surface area contributed by atoms with Crippen LogP contribution in [-0.2, 0) is 19.7 Å². The van der Waals surface area contributed by atoms with Crippen molar-refractivity contribution in [1.82, 2.24) is 5.32 Å². The van der Waals surface area contributed by atoms with Gasteiger partial charge in [0.05, 0.1) is 7.11 Å². The molecule has 1 N–H and O–H groups in total. The first-order chi connectivity index (χ1) is 12.2. The summed E-state index contributed by atoms with van der Waals surface area (Å²) >= 11 is 0. The molecule has 0 fully saturated rings. The summed E-state index contributed by atoms with van der Waals surface area (Å²) in [6.07, 6.45) is 2.17. The normalized spacial score (nSPS) is 23.4. The van der Waals surface area contributed by atoms with Crippen LogP contribution in [0.2, 0.25) is 0 Å². The number of ether oxygens (including phenoxy) is 1. The molecular weight excluding hydrogens is 326 g/mol. The SMILES string of the molecule is C=C1NC2=C(C(=O)CCC2)C(c2ccc(C(C)(C)C)cc2)C1C(=O)OC. The van der Waals surface area contributed by atoms with Gasteiger partial charge in [-0.2, -0.15) is 0 Å². The summed E-state index contributed by atoms with van der Waals surface area (Å²) in [5, 5.41) is 3.21. The van der Waals surface area contributed by atoms with Crippen molar-refractivity contribution in [3.8, 4) is 0 Å². The zero-order valence-electron chi connectivity index (χ0n) is 16.0. The quantitative estimate of drug-likeness (QED) is 0.817. The Morgan fingerprint density at radius 3 is 2.42 bits per heavy atom. The molecule has 0 spiro atoms. The van der Waals surface area contributed by atoms with E-state index < -0.39 is 5.92 Å². The van der Waals surface area contributed by atoms with E-state index in [4.69, 9.17) is 4.74 Å². The van der Waals surface area contributed by atoms with E-state index in [2.05, 4.69) is 44.8 Å². The molecule has 3 rings (SSSR count). The van der Waals surface area contributed by atoms with E-state index in [0.717, 1.165) is 29.7 Å². The summed E-state index contributed by atoms with van der Waals surface area (Å²) < 4.78 is 5.03. The molecule has 0 aromatic heterocycles. The molecule has 0 radical (unpaired) electrons. The molecule has 4 heteroatoms. The van der Waals surface area contributed by atoms with Crippen molar-refractivity contribution in [2.45, 2.75) is 51.4 Å². The lowest BCUT2D eigenvalue weighted by atomic mass is 9.71. The van der Waals surface area contributed by atoms with E-state index in [1.165, 1.54) is 12.7 Å². The largest absolute Gasteiger partial charge is 0.468 e. The predicted octanol–water partition coefficient (Wildman–Crippen LogP) is 3.98. The van der Waals surface area contributed by atoms with E-state index >= 15 is 0 Å². The summed E-state index contributed by atoms with van der Waals surface area (Å²) in [5.41, 5.74) is 4.46. The second-order valence-electron chi connectivity index (χ2n) is 8.17. The van der Waals surface area contributed by atoms with E-state index in [1.807, 2.05) is 12.1 Å². The molecule has 0 amide bonds. The Balaban J connectivity index is 2.12. The van der Waals surface area contributed by atoms with Gasteiger partial charge in [-0.1, -0.05) is 51.6 Å². The van der Waals surface area contributed by atoms with Crippen molar-refractivity contribution in [3.63, 3.8) is 0 Å². The van der Waals surface area contributed by atoms with E-state index in [-0.39, 0.29) is 23.1 Å². The number of ketones is 1. The van der Waals surface area contributed by atoms with Crippen LogP contribution in [0, 0.1) is 5.92 Å². The van der Waals surface area contributed by atoms with Gasteiger partial charge in [-0.15, -0.1) is 0 Å². The Labute approximate surface area is 155 Å². The van der Waals surface area contributed by atoms with Crippen LogP contribution in [0.1, 0.15) is 57.1 Å². The van der Waals surface area contributed by atoms with Gasteiger partial charge in [-0.05, 0) is 29.4 Å². The number of benzene rings is 1. The maximum Gasteiger partial charge on any atom is 0.315 e. The molecule has 1 aliphatic carbocycles.